The third-order valence-electron chi connectivity index (χ3n) is 10.4. The average Bonchev–Trinajstić information content (AvgIpc) is 3.57. The highest BCUT2D eigenvalue weighted by atomic mass is 16.3. The van der Waals surface area contributed by atoms with Gasteiger partial charge in [-0.3, -0.25) is 0 Å². The minimum atomic E-state index is -0.0590. The zero-order valence-electron chi connectivity index (χ0n) is 25.8. The van der Waals surface area contributed by atoms with Crippen molar-refractivity contribution in [3.63, 3.8) is 0 Å². The predicted octanol–water partition coefficient (Wildman–Crippen LogP) is 12.7. The van der Waals surface area contributed by atoms with E-state index in [-0.39, 0.29) is 5.41 Å². The monoisotopic (exact) mass is 586 g/mol. The van der Waals surface area contributed by atoms with Gasteiger partial charge in [0.1, 0.15) is 11.2 Å². The Morgan fingerprint density at radius 1 is 0.391 bits per heavy atom. The van der Waals surface area contributed by atoms with Crippen LogP contribution in [0, 0.1) is 0 Å². The fraction of sp³-hybridized carbons (Fsp3) is 0.0667. The molecule has 1 heteroatoms. The van der Waals surface area contributed by atoms with Gasteiger partial charge in [-0.15, -0.1) is 0 Å². The maximum Gasteiger partial charge on any atom is 0.136 e. The second kappa shape index (κ2) is 9.19. The van der Waals surface area contributed by atoms with Crippen molar-refractivity contribution in [1.82, 2.24) is 0 Å². The quantitative estimate of drug-likeness (QED) is 0.184. The molecule has 0 unspecified atom stereocenters. The Kier molecular flexibility index (Phi) is 5.12. The Morgan fingerprint density at radius 3 is 1.57 bits per heavy atom. The van der Waals surface area contributed by atoms with Crippen molar-refractivity contribution in [2.45, 2.75) is 19.3 Å². The lowest BCUT2D eigenvalue weighted by Gasteiger charge is -2.22. The van der Waals surface area contributed by atoms with Gasteiger partial charge in [-0.1, -0.05) is 123 Å². The van der Waals surface area contributed by atoms with E-state index in [2.05, 4.69) is 147 Å². The molecule has 1 nitrogen and oxygen atoms in total. The summed E-state index contributed by atoms with van der Waals surface area (Å²) in [6.45, 7) is 4.73. The summed E-state index contributed by atoms with van der Waals surface area (Å²) in [4.78, 5) is 0. The molecule has 0 bridgehead atoms. The molecule has 0 saturated carbocycles. The number of hydrogen-bond acceptors (Lipinski definition) is 1. The standard InChI is InChI=1S/C45H30O/c1-45(2)39-22-20-29(24-37(39)38-23-27-11-3-4-12-28(27)25-40(38)45)43-33-14-5-7-16-35(33)44(36-17-8-6-15-34(36)43)30-19-21-32-31-13-9-10-18-41(31)46-42(32)26-30/h3-26H,1-2H3. The van der Waals surface area contributed by atoms with Crippen LogP contribution in [0.5, 0.6) is 0 Å². The summed E-state index contributed by atoms with van der Waals surface area (Å²) in [6.07, 6.45) is 0. The minimum absolute atomic E-state index is 0.0590. The number of hydrogen-bond donors (Lipinski definition) is 0. The van der Waals surface area contributed by atoms with E-state index in [1.54, 1.807) is 0 Å². The molecule has 0 amide bonds. The molecule has 0 fully saturated rings. The molecule has 8 aromatic carbocycles. The van der Waals surface area contributed by atoms with Crippen LogP contribution >= 0.6 is 0 Å². The van der Waals surface area contributed by atoms with Gasteiger partial charge in [-0.05, 0) is 113 Å². The van der Waals surface area contributed by atoms with Gasteiger partial charge in [-0.2, -0.15) is 0 Å². The number of rotatable bonds is 2. The topological polar surface area (TPSA) is 13.1 Å². The van der Waals surface area contributed by atoms with E-state index < -0.39 is 0 Å². The van der Waals surface area contributed by atoms with Gasteiger partial charge in [0.05, 0.1) is 0 Å². The third kappa shape index (κ3) is 3.46. The van der Waals surface area contributed by atoms with Gasteiger partial charge in [0.25, 0.3) is 0 Å². The smallest absolute Gasteiger partial charge is 0.136 e. The second-order valence-corrected chi connectivity index (χ2v) is 13.3. The molecule has 1 aliphatic rings. The molecule has 10 rings (SSSR count). The highest BCUT2D eigenvalue weighted by Gasteiger charge is 2.36. The fourth-order valence-electron chi connectivity index (χ4n) is 8.22. The Morgan fingerprint density at radius 2 is 0.891 bits per heavy atom. The molecule has 1 aromatic heterocycles. The van der Waals surface area contributed by atoms with Gasteiger partial charge in [0.15, 0.2) is 0 Å². The van der Waals surface area contributed by atoms with Crippen LogP contribution < -0.4 is 0 Å². The van der Waals surface area contributed by atoms with Crippen LogP contribution in [0.4, 0.5) is 0 Å². The Hall–Kier alpha value is -5.66. The molecule has 0 atom stereocenters. The predicted molar refractivity (Wildman–Crippen MR) is 195 cm³/mol. The number of furan rings is 1. The Labute approximate surface area is 267 Å². The van der Waals surface area contributed by atoms with Crippen LogP contribution in [0.1, 0.15) is 25.0 Å². The largest absolute Gasteiger partial charge is 0.456 e. The summed E-state index contributed by atoms with van der Waals surface area (Å²) in [5.74, 6) is 0. The van der Waals surface area contributed by atoms with Crippen molar-refractivity contribution in [3.05, 3.63) is 157 Å². The summed E-state index contributed by atoms with van der Waals surface area (Å²) in [5.41, 5.74) is 12.2. The van der Waals surface area contributed by atoms with Crippen LogP contribution in [0.2, 0.25) is 0 Å². The highest BCUT2D eigenvalue weighted by molar-refractivity contribution is 6.22. The molecule has 0 N–H and O–H groups in total. The summed E-state index contributed by atoms with van der Waals surface area (Å²) in [5, 5.41) is 9.92. The molecule has 0 radical (unpaired) electrons. The molecule has 0 aliphatic heterocycles. The van der Waals surface area contributed by atoms with Gasteiger partial charge >= 0.3 is 0 Å². The third-order valence-corrected chi connectivity index (χ3v) is 10.4. The second-order valence-electron chi connectivity index (χ2n) is 13.3. The Balaban J connectivity index is 1.24. The first-order valence-corrected chi connectivity index (χ1v) is 16.1. The maximum atomic E-state index is 6.35. The lowest BCUT2D eigenvalue weighted by atomic mass is 9.81. The first-order chi connectivity index (χ1) is 22.6. The van der Waals surface area contributed by atoms with Crippen LogP contribution in [0.25, 0.3) is 87.6 Å². The highest BCUT2D eigenvalue weighted by Crippen LogP contribution is 2.52. The van der Waals surface area contributed by atoms with Crippen molar-refractivity contribution in [2.24, 2.45) is 0 Å². The minimum Gasteiger partial charge on any atom is -0.456 e. The lowest BCUT2D eigenvalue weighted by molar-refractivity contribution is 0.661. The number of para-hydroxylation sites is 1. The molecule has 9 aromatic rings. The van der Waals surface area contributed by atoms with Crippen LogP contribution in [0.15, 0.2) is 150 Å². The average molecular weight is 587 g/mol. The van der Waals surface area contributed by atoms with Crippen molar-refractivity contribution in [3.8, 4) is 33.4 Å². The number of fused-ring (bicyclic) bond motifs is 9. The summed E-state index contributed by atoms with van der Waals surface area (Å²) >= 11 is 0. The van der Waals surface area contributed by atoms with Gasteiger partial charge in [0, 0.05) is 16.2 Å². The molecule has 0 saturated heterocycles. The molecule has 46 heavy (non-hydrogen) atoms. The van der Waals surface area contributed by atoms with Crippen molar-refractivity contribution in [1.29, 1.82) is 0 Å². The van der Waals surface area contributed by atoms with Crippen LogP contribution in [0.3, 0.4) is 0 Å². The van der Waals surface area contributed by atoms with E-state index in [0.29, 0.717) is 0 Å². The molecule has 1 heterocycles. The van der Waals surface area contributed by atoms with E-state index >= 15 is 0 Å². The van der Waals surface area contributed by atoms with Gasteiger partial charge in [-0.25, -0.2) is 0 Å². The SMILES string of the molecule is CC1(C)c2ccc(-c3c4ccccc4c(-c4ccc5c(c4)oc4ccccc45)c4ccccc34)cc2-c2cc3ccccc3cc21. The van der Waals surface area contributed by atoms with Crippen molar-refractivity contribution in [2.75, 3.05) is 0 Å². The van der Waals surface area contributed by atoms with Crippen LogP contribution in [-0.2, 0) is 5.41 Å². The maximum absolute atomic E-state index is 6.35. The van der Waals surface area contributed by atoms with Crippen LogP contribution in [-0.4, -0.2) is 0 Å². The van der Waals surface area contributed by atoms with E-state index in [1.165, 1.54) is 76.8 Å². The normalized spacial score (nSPS) is 13.6. The van der Waals surface area contributed by atoms with E-state index in [4.69, 9.17) is 4.42 Å². The van der Waals surface area contributed by atoms with E-state index in [1.807, 2.05) is 12.1 Å². The zero-order valence-corrected chi connectivity index (χ0v) is 25.8. The van der Waals surface area contributed by atoms with Crippen molar-refractivity contribution < 1.29 is 4.42 Å². The first-order valence-electron chi connectivity index (χ1n) is 16.1. The zero-order chi connectivity index (χ0) is 30.6. The fourth-order valence-corrected chi connectivity index (χ4v) is 8.22. The number of benzene rings is 8. The molecular formula is C45H30O. The van der Waals surface area contributed by atoms with Gasteiger partial charge in [0.2, 0.25) is 0 Å². The Bertz CT molecular complexity index is 2660. The van der Waals surface area contributed by atoms with Crippen molar-refractivity contribution >= 4 is 54.3 Å². The lowest BCUT2D eigenvalue weighted by Crippen LogP contribution is -2.14. The first kappa shape index (κ1) is 25.6. The molecule has 0 spiro atoms. The summed E-state index contributed by atoms with van der Waals surface area (Å²) < 4.78 is 6.35. The molecule has 1 aliphatic carbocycles. The molecular weight excluding hydrogens is 556 g/mol. The van der Waals surface area contributed by atoms with Gasteiger partial charge < -0.3 is 4.42 Å². The van der Waals surface area contributed by atoms with E-state index in [9.17, 15) is 0 Å². The summed E-state index contributed by atoms with van der Waals surface area (Å²) in [7, 11) is 0. The summed E-state index contributed by atoms with van der Waals surface area (Å²) in [6, 6.07) is 53.5. The molecule has 216 valence electrons. The van der Waals surface area contributed by atoms with E-state index in [0.717, 1.165) is 21.9 Å².